The predicted octanol–water partition coefficient (Wildman–Crippen LogP) is -0.574. The second kappa shape index (κ2) is 5.48. The quantitative estimate of drug-likeness (QED) is 0.558. The first-order valence-electron chi connectivity index (χ1n) is 5.17. The fourth-order valence-electron chi connectivity index (χ4n) is 2.03. The molecule has 8 heteroatoms. The molecule has 0 aromatic heterocycles. The van der Waals surface area contributed by atoms with Crippen LogP contribution in [0.5, 0.6) is 0 Å². The summed E-state index contributed by atoms with van der Waals surface area (Å²) in [7, 11) is 0. The van der Waals surface area contributed by atoms with Crippen LogP contribution in [0.15, 0.2) is 0 Å². The average Bonchev–Trinajstić information content (AvgIpc) is 2.70. The highest BCUT2D eigenvalue weighted by atomic mass is 16.5. The minimum absolute atomic E-state index is 0.148. The number of hydrogen-bond donors (Lipinski definition) is 3. The van der Waals surface area contributed by atoms with Crippen molar-refractivity contribution in [2.24, 2.45) is 17.8 Å². The maximum absolute atomic E-state index is 11.4. The van der Waals surface area contributed by atoms with Crippen molar-refractivity contribution in [1.29, 1.82) is 0 Å². The third kappa shape index (κ3) is 3.19. The van der Waals surface area contributed by atoms with Gasteiger partial charge in [0.15, 0.2) is 6.61 Å². The summed E-state index contributed by atoms with van der Waals surface area (Å²) >= 11 is 0. The Morgan fingerprint density at radius 3 is 1.72 bits per heavy atom. The van der Waals surface area contributed by atoms with Crippen molar-refractivity contribution in [3.8, 4) is 0 Å². The van der Waals surface area contributed by atoms with Crippen molar-refractivity contribution < 1.29 is 39.2 Å². The molecule has 0 amide bonds. The minimum atomic E-state index is -1.33. The zero-order valence-electron chi connectivity index (χ0n) is 9.24. The van der Waals surface area contributed by atoms with Gasteiger partial charge in [-0.05, 0) is 12.8 Å². The van der Waals surface area contributed by atoms with Gasteiger partial charge in [0.25, 0.3) is 0 Å². The molecular weight excluding hydrogens is 248 g/mol. The van der Waals surface area contributed by atoms with Crippen molar-refractivity contribution in [2.75, 3.05) is 6.61 Å². The van der Waals surface area contributed by atoms with Gasteiger partial charge in [-0.25, -0.2) is 4.79 Å². The molecule has 1 fully saturated rings. The number of ether oxygens (including phenoxy) is 1. The van der Waals surface area contributed by atoms with E-state index in [2.05, 4.69) is 4.74 Å². The van der Waals surface area contributed by atoms with Gasteiger partial charge < -0.3 is 20.1 Å². The standard InChI is InChI=1S/C10H12O8/c11-7(12)3-18-10(17)4-1-5(8(13)14)6(2-4)9(15)16/h4-6H,1-3H2,(H,11,12)(H,13,14)(H,15,16). The third-order valence-electron chi connectivity index (χ3n) is 2.87. The number of aliphatic carboxylic acids is 3. The largest absolute Gasteiger partial charge is 0.481 e. The molecule has 1 saturated carbocycles. The van der Waals surface area contributed by atoms with E-state index in [1.165, 1.54) is 0 Å². The highest BCUT2D eigenvalue weighted by Gasteiger charge is 2.46. The summed E-state index contributed by atoms with van der Waals surface area (Å²) < 4.78 is 4.42. The molecular formula is C10H12O8. The molecule has 1 aliphatic carbocycles. The van der Waals surface area contributed by atoms with Crippen LogP contribution in [0, 0.1) is 17.8 Å². The molecule has 0 aromatic carbocycles. The van der Waals surface area contributed by atoms with E-state index < -0.39 is 48.2 Å². The molecule has 1 aliphatic rings. The van der Waals surface area contributed by atoms with Crippen molar-refractivity contribution in [2.45, 2.75) is 12.8 Å². The second-order valence-corrected chi connectivity index (χ2v) is 4.06. The van der Waals surface area contributed by atoms with Gasteiger partial charge in [0.2, 0.25) is 0 Å². The van der Waals surface area contributed by atoms with Gasteiger partial charge >= 0.3 is 23.9 Å². The lowest BCUT2D eigenvalue weighted by Gasteiger charge is -2.08. The zero-order chi connectivity index (χ0) is 13.9. The van der Waals surface area contributed by atoms with E-state index in [-0.39, 0.29) is 12.8 Å². The molecule has 0 saturated heterocycles. The lowest BCUT2D eigenvalue weighted by molar-refractivity contribution is -0.158. The minimum Gasteiger partial charge on any atom is -0.481 e. The topological polar surface area (TPSA) is 138 Å². The lowest BCUT2D eigenvalue weighted by atomic mass is 9.97. The van der Waals surface area contributed by atoms with Crippen LogP contribution in [0.4, 0.5) is 0 Å². The molecule has 100 valence electrons. The number of esters is 1. The molecule has 0 heterocycles. The number of hydrogen-bond acceptors (Lipinski definition) is 5. The summed E-state index contributed by atoms with van der Waals surface area (Å²) in [6.07, 6.45) is -0.296. The van der Waals surface area contributed by atoms with Crippen molar-refractivity contribution in [3.63, 3.8) is 0 Å². The summed E-state index contributed by atoms with van der Waals surface area (Å²) in [6.45, 7) is -0.815. The van der Waals surface area contributed by atoms with E-state index in [9.17, 15) is 19.2 Å². The first-order chi connectivity index (χ1) is 8.32. The number of carbonyl (C=O) groups excluding carboxylic acids is 1. The normalized spacial score (nSPS) is 26.6. The number of rotatable bonds is 5. The van der Waals surface area contributed by atoms with Gasteiger partial charge in [-0.3, -0.25) is 14.4 Å². The molecule has 2 unspecified atom stereocenters. The van der Waals surface area contributed by atoms with Gasteiger partial charge in [0.05, 0.1) is 17.8 Å². The molecule has 0 aromatic rings. The maximum atomic E-state index is 11.4. The van der Waals surface area contributed by atoms with Crippen LogP contribution in [0.2, 0.25) is 0 Å². The fourth-order valence-corrected chi connectivity index (χ4v) is 2.03. The highest BCUT2D eigenvalue weighted by Crippen LogP contribution is 2.37. The smallest absolute Gasteiger partial charge is 0.341 e. The summed E-state index contributed by atoms with van der Waals surface area (Å²) in [5.74, 6) is -7.94. The van der Waals surface area contributed by atoms with Crippen LogP contribution in [0.3, 0.4) is 0 Å². The Balaban J connectivity index is 2.65. The molecule has 2 atom stereocenters. The average molecular weight is 260 g/mol. The van der Waals surface area contributed by atoms with Crippen LogP contribution in [-0.2, 0) is 23.9 Å². The monoisotopic (exact) mass is 260 g/mol. The van der Waals surface area contributed by atoms with Gasteiger partial charge in [-0.15, -0.1) is 0 Å². The Hall–Kier alpha value is -2.12. The molecule has 8 nitrogen and oxygen atoms in total. The molecule has 0 spiro atoms. The zero-order valence-corrected chi connectivity index (χ0v) is 9.24. The van der Waals surface area contributed by atoms with E-state index in [1.54, 1.807) is 0 Å². The first-order valence-corrected chi connectivity index (χ1v) is 5.17. The third-order valence-corrected chi connectivity index (χ3v) is 2.87. The van der Waals surface area contributed by atoms with Gasteiger partial charge in [0.1, 0.15) is 0 Å². The summed E-state index contributed by atoms with van der Waals surface area (Å²) in [5.41, 5.74) is 0. The van der Waals surface area contributed by atoms with Gasteiger partial charge in [-0.1, -0.05) is 0 Å². The van der Waals surface area contributed by atoms with E-state index in [1.807, 2.05) is 0 Å². The van der Waals surface area contributed by atoms with Crippen LogP contribution < -0.4 is 0 Å². The van der Waals surface area contributed by atoms with Crippen LogP contribution in [0.25, 0.3) is 0 Å². The van der Waals surface area contributed by atoms with E-state index in [4.69, 9.17) is 15.3 Å². The molecule has 0 radical (unpaired) electrons. The maximum Gasteiger partial charge on any atom is 0.341 e. The highest BCUT2D eigenvalue weighted by molar-refractivity contribution is 5.84. The Labute approximate surface area is 101 Å². The van der Waals surface area contributed by atoms with E-state index >= 15 is 0 Å². The van der Waals surface area contributed by atoms with Crippen molar-refractivity contribution >= 4 is 23.9 Å². The number of carboxylic acids is 3. The van der Waals surface area contributed by atoms with Crippen molar-refractivity contribution in [3.05, 3.63) is 0 Å². The van der Waals surface area contributed by atoms with Crippen LogP contribution >= 0.6 is 0 Å². The number of carbonyl (C=O) groups is 4. The van der Waals surface area contributed by atoms with Crippen LogP contribution in [0.1, 0.15) is 12.8 Å². The summed E-state index contributed by atoms with van der Waals surface area (Å²) in [4.78, 5) is 43.3. The Bertz CT molecular complexity index is 365. The Morgan fingerprint density at radius 1 is 0.944 bits per heavy atom. The second-order valence-electron chi connectivity index (χ2n) is 4.06. The van der Waals surface area contributed by atoms with Gasteiger partial charge in [0, 0.05) is 0 Å². The van der Waals surface area contributed by atoms with Crippen molar-refractivity contribution in [1.82, 2.24) is 0 Å². The molecule has 0 bridgehead atoms. The van der Waals surface area contributed by atoms with Crippen LogP contribution in [-0.4, -0.2) is 45.8 Å². The Morgan fingerprint density at radius 2 is 1.39 bits per heavy atom. The summed E-state index contributed by atoms with van der Waals surface area (Å²) in [5, 5.41) is 26.0. The van der Waals surface area contributed by atoms with E-state index in [0.717, 1.165) is 0 Å². The number of carboxylic acid groups (broad SMARTS) is 3. The lowest BCUT2D eigenvalue weighted by Crippen LogP contribution is -2.24. The summed E-state index contributed by atoms with van der Waals surface area (Å²) in [6, 6.07) is 0. The van der Waals surface area contributed by atoms with Gasteiger partial charge in [-0.2, -0.15) is 0 Å². The Kier molecular flexibility index (Phi) is 4.24. The SMILES string of the molecule is O=C(O)COC(=O)C1CC(C(=O)O)C(C(=O)O)C1. The molecule has 0 aliphatic heterocycles. The molecule has 3 N–H and O–H groups in total. The predicted molar refractivity (Wildman–Crippen MR) is 53.6 cm³/mol. The molecule has 18 heavy (non-hydrogen) atoms. The van der Waals surface area contributed by atoms with E-state index in [0.29, 0.717) is 0 Å². The molecule has 1 rings (SSSR count). The first kappa shape index (κ1) is 13.9. The fraction of sp³-hybridized carbons (Fsp3) is 0.600.